The number of rotatable bonds is 35. The minimum atomic E-state index is -2.45. The third kappa shape index (κ3) is 34.6. The number of cyclic esters (lactones) is 1. The van der Waals surface area contributed by atoms with E-state index in [9.17, 15) is 121 Å². The zero-order chi connectivity index (χ0) is 89.0. The summed E-state index contributed by atoms with van der Waals surface area (Å²) in [5, 5.41) is 82.0. The number of nitrogen functional groups attached to an aromatic ring is 1. The van der Waals surface area contributed by atoms with Gasteiger partial charge in [-0.25, -0.2) is 4.79 Å². The second-order valence-electron chi connectivity index (χ2n) is 29.6. The van der Waals surface area contributed by atoms with Gasteiger partial charge >= 0.3 is 29.8 Å². The number of esters is 1. The number of nitrogens with one attached hydrogen (secondary N) is 15. The first-order valence-electron chi connectivity index (χ1n) is 38.5. The first-order chi connectivity index (χ1) is 56.0. The fourth-order valence-corrected chi connectivity index (χ4v) is 12.2. The zero-order valence-electron chi connectivity index (χ0n) is 67.0. The van der Waals surface area contributed by atoms with Gasteiger partial charge in [-0.15, -0.1) is 0 Å². The van der Waals surface area contributed by atoms with Crippen molar-refractivity contribution in [3.05, 3.63) is 65.9 Å². The highest BCUT2D eigenvalue weighted by molar-refractivity contribution is 6.05. The highest BCUT2D eigenvalue weighted by atomic mass is 16.5. The maximum Gasteiger partial charge on any atom is 0.329 e. The molecule has 0 saturated carbocycles. The van der Waals surface area contributed by atoms with Crippen LogP contribution in [0.3, 0.4) is 0 Å². The van der Waals surface area contributed by atoms with Crippen LogP contribution in [-0.4, -0.2) is 253 Å². The van der Waals surface area contributed by atoms with E-state index >= 15 is 0 Å². The van der Waals surface area contributed by atoms with Crippen LogP contribution in [0.25, 0.3) is 10.9 Å². The summed E-state index contributed by atoms with van der Waals surface area (Å²) in [6, 6.07) is -10.4. The Labute approximate surface area is 683 Å². The number of carbonyl (C=O) groups excluding carboxylic acids is 16. The average Bonchev–Trinajstić information content (AvgIpc) is 1.81. The normalized spacial score (nSPS) is 21.0. The van der Waals surface area contributed by atoms with Crippen LogP contribution in [0.15, 0.2) is 54.7 Å². The van der Waals surface area contributed by atoms with Gasteiger partial charge in [0.05, 0.1) is 51.8 Å². The van der Waals surface area contributed by atoms with Crippen LogP contribution >= 0.6 is 0 Å². The summed E-state index contributed by atoms with van der Waals surface area (Å²) in [5.41, 5.74) is 11.6. The Morgan fingerprint density at radius 3 is 1.68 bits per heavy atom. The molecule has 2 aromatic carbocycles. The number of unbranched alkanes of at least 4 members (excludes halogenated alkanes) is 6. The smallest absolute Gasteiger partial charge is 0.329 e. The SMILES string of the molecule is CCCCCCCCCC(=O)NC(Cc1c[nH]c2ccccc12)C(=O)NC(CC(=O)NC(C)(C)C)C(=O)NC(CC(=O)O)C(=O)NC1C(=O)NCC(=O)NC(CCCN)C(=O)NC(CC(=O)O)C(=O)NC(C)C(=O)NC(CC(=O)O)C(=O)NCC(=O)NC(CO)C(=O)NC(C(C)CC(=O)O)C(=O)NC(CC(=O)c2ccccc2N)C(=O)OC1C. The van der Waals surface area contributed by atoms with Crippen molar-refractivity contribution in [2.24, 2.45) is 11.7 Å². The van der Waals surface area contributed by atoms with Gasteiger partial charge in [0.25, 0.3) is 0 Å². The average molecular weight is 1680 g/mol. The van der Waals surface area contributed by atoms with E-state index in [0.29, 0.717) is 29.3 Å². The number of nitrogens with two attached hydrogens (primary N) is 2. The Bertz CT molecular complexity index is 4170. The van der Waals surface area contributed by atoms with Crippen LogP contribution < -0.4 is 85.9 Å². The Morgan fingerprint density at radius 2 is 1.08 bits per heavy atom. The van der Waals surface area contributed by atoms with Crippen molar-refractivity contribution in [1.82, 2.24) is 79.4 Å². The minimum Gasteiger partial charge on any atom is -0.481 e. The molecule has 13 atom stereocenters. The van der Waals surface area contributed by atoms with Gasteiger partial charge in [-0.2, -0.15) is 0 Å². The molecule has 2 heterocycles. The van der Waals surface area contributed by atoms with Crippen molar-refractivity contribution < 1.29 is 126 Å². The van der Waals surface area contributed by atoms with Gasteiger partial charge in [-0.1, -0.05) is 82.7 Å². The Hall–Kier alpha value is -12.7. The standard InChI is InChI=1S/C76H109N17O26/c1-8-9-10-11-12-13-14-25-55(96)84-47(28-41-34-79-45-23-18-16-20-42(41)45)69(112)87-48(30-56(97)93-76(5,6)7)70(113)89-51(33-62(106)107)71(114)92-64-40(4)119-75(118)52(29-54(95)43-21-15-17-22-44(43)78)90-74(117)63(38(2)27-59(100)101)91-72(115)53(37-94)85-58(99)35-80-66(109)49(31-60(102)103)86-65(108)39(3)82-68(111)50(32-61(104)105)88-67(110)46(24-19-26-77)83-57(98)36-81-73(64)116/h15-18,20-23,34,38-40,46-53,63-64,79,94H,8-14,19,24-33,35-37,77-78H2,1-7H3,(H,80,109)(H,81,116)(H,82,111)(H,83,98)(H,84,96)(H,85,99)(H,86,108)(H,87,112)(H,88,110)(H,89,113)(H,90,117)(H,91,115)(H,92,114)(H,93,97)(H,100,101)(H,102,103)(H,104,105)(H,106,107). The molecule has 1 saturated heterocycles. The molecule has 0 bridgehead atoms. The molecule has 1 fully saturated rings. The van der Waals surface area contributed by atoms with Gasteiger partial charge in [0, 0.05) is 53.2 Å². The minimum absolute atomic E-state index is 0.0119. The predicted molar refractivity (Wildman–Crippen MR) is 419 cm³/mol. The number of aliphatic carboxylic acids is 4. The number of carbonyl (C=O) groups is 20. The zero-order valence-corrected chi connectivity index (χ0v) is 67.0. The Morgan fingerprint density at radius 1 is 0.546 bits per heavy atom. The summed E-state index contributed by atoms with van der Waals surface area (Å²) in [5.74, 6) is -29.2. The number of benzene rings is 2. The van der Waals surface area contributed by atoms with Gasteiger partial charge in [0.2, 0.25) is 82.7 Å². The van der Waals surface area contributed by atoms with Crippen molar-refractivity contribution in [2.45, 2.75) is 236 Å². The molecule has 43 heteroatoms. The van der Waals surface area contributed by atoms with E-state index < -0.39 is 267 Å². The van der Waals surface area contributed by atoms with E-state index in [4.69, 9.17) is 16.2 Å². The van der Waals surface area contributed by atoms with Crippen LogP contribution in [0.5, 0.6) is 0 Å². The third-order valence-electron chi connectivity index (χ3n) is 18.4. The first-order valence-corrected chi connectivity index (χ1v) is 38.5. The maximum atomic E-state index is 15.0. The van der Waals surface area contributed by atoms with Gasteiger partial charge < -0.3 is 121 Å². The topological polar surface area (TPSA) is 688 Å². The van der Waals surface area contributed by atoms with E-state index in [2.05, 4.69) is 70.4 Å². The molecule has 14 amide bonds. The van der Waals surface area contributed by atoms with Gasteiger partial charge in [0.15, 0.2) is 5.78 Å². The lowest BCUT2D eigenvalue weighted by atomic mass is 9.96. The molecule has 4 rings (SSSR count). The summed E-state index contributed by atoms with van der Waals surface area (Å²) in [7, 11) is 0. The highest BCUT2D eigenvalue weighted by Gasteiger charge is 2.41. The van der Waals surface area contributed by atoms with Crippen LogP contribution in [0, 0.1) is 5.92 Å². The number of carboxylic acids is 4. The van der Waals surface area contributed by atoms with Gasteiger partial charge in [0.1, 0.15) is 72.6 Å². The summed E-state index contributed by atoms with van der Waals surface area (Å²) in [6.07, 6.45) is -2.13. The number of para-hydroxylation sites is 2. The van der Waals surface area contributed by atoms with Crippen molar-refractivity contribution >= 4 is 135 Å². The molecule has 0 aliphatic carbocycles. The second-order valence-corrected chi connectivity index (χ2v) is 29.6. The second kappa shape index (κ2) is 48.7. The van der Waals surface area contributed by atoms with E-state index in [1.807, 2.05) is 16.0 Å². The number of hydrogen-bond acceptors (Lipinski definition) is 24. The number of aliphatic hydroxyl groups is 1. The molecular weight excluding hydrogens is 1570 g/mol. The molecule has 1 aromatic heterocycles. The molecule has 654 valence electrons. The number of H-pyrrole nitrogens is 1. The number of aliphatic hydroxyl groups excluding tert-OH is 1. The molecule has 13 unspecified atom stereocenters. The number of Topliss-reactive ketones (excluding diaryl/α,β-unsaturated/α-hetero) is 1. The van der Waals surface area contributed by atoms with E-state index in [0.717, 1.165) is 52.9 Å². The molecule has 24 N–H and O–H groups in total. The molecule has 3 aromatic rings. The van der Waals surface area contributed by atoms with E-state index in [1.54, 1.807) is 51.2 Å². The molecule has 1 aliphatic rings. The van der Waals surface area contributed by atoms with Crippen LogP contribution in [0.2, 0.25) is 0 Å². The number of ether oxygens (including phenoxy) is 1. The van der Waals surface area contributed by atoms with Crippen molar-refractivity contribution in [2.75, 3.05) is 32.0 Å². The van der Waals surface area contributed by atoms with E-state index in [-0.39, 0.29) is 37.1 Å². The number of anilines is 1. The number of aromatic nitrogens is 1. The summed E-state index contributed by atoms with van der Waals surface area (Å²) >= 11 is 0. The third-order valence-corrected chi connectivity index (χ3v) is 18.4. The maximum absolute atomic E-state index is 15.0. The Kier molecular flexibility index (Phi) is 40.4. The Balaban J connectivity index is 1.92. The van der Waals surface area contributed by atoms with Crippen molar-refractivity contribution in [3.8, 4) is 0 Å². The number of amides is 14. The summed E-state index contributed by atoms with van der Waals surface area (Å²) in [4.78, 5) is 279. The monoisotopic (exact) mass is 1680 g/mol. The number of fused-ring (bicyclic) bond motifs is 1. The molecule has 0 spiro atoms. The van der Waals surface area contributed by atoms with E-state index in [1.165, 1.54) is 24.3 Å². The predicted octanol–water partition coefficient (Wildman–Crippen LogP) is -4.19. The summed E-state index contributed by atoms with van der Waals surface area (Å²) in [6.45, 7) is 5.90. The number of ketones is 1. The molecular formula is C76H109N17O26. The molecule has 0 radical (unpaired) electrons. The lowest BCUT2D eigenvalue weighted by Crippen LogP contribution is -2.62. The number of carboxylic acid groups (broad SMARTS) is 4. The molecule has 119 heavy (non-hydrogen) atoms. The van der Waals surface area contributed by atoms with Crippen LogP contribution in [-0.2, 0) is 102 Å². The van der Waals surface area contributed by atoms with Crippen molar-refractivity contribution in [1.29, 1.82) is 0 Å². The lowest BCUT2D eigenvalue weighted by Gasteiger charge is -2.30. The van der Waals surface area contributed by atoms with Gasteiger partial charge in [-0.3, -0.25) is 91.1 Å². The van der Waals surface area contributed by atoms with Crippen LogP contribution in [0.4, 0.5) is 5.69 Å². The van der Waals surface area contributed by atoms with Gasteiger partial charge in [-0.05, 0) is 90.1 Å². The summed E-state index contributed by atoms with van der Waals surface area (Å²) < 4.78 is 5.73. The highest BCUT2D eigenvalue weighted by Crippen LogP contribution is 2.22. The quantitative estimate of drug-likeness (QED) is 0.0115. The fraction of sp³-hybridized carbons (Fsp3) is 0.553. The number of hydrogen-bond donors (Lipinski definition) is 22. The fourth-order valence-electron chi connectivity index (χ4n) is 12.2. The molecule has 1 aliphatic heterocycles. The number of aromatic amines is 1. The lowest BCUT2D eigenvalue weighted by molar-refractivity contribution is -0.156. The molecule has 43 nitrogen and oxygen atoms in total. The van der Waals surface area contributed by atoms with Crippen LogP contribution in [0.1, 0.15) is 167 Å². The first kappa shape index (κ1) is 98.7. The van der Waals surface area contributed by atoms with Crippen molar-refractivity contribution in [3.63, 3.8) is 0 Å². The largest absolute Gasteiger partial charge is 0.481 e.